The lowest BCUT2D eigenvalue weighted by Crippen LogP contribution is -2.71. The summed E-state index contributed by atoms with van der Waals surface area (Å²) in [6, 6.07) is -0.157. The van der Waals surface area contributed by atoms with E-state index in [0.717, 1.165) is 0 Å². The van der Waals surface area contributed by atoms with Crippen molar-refractivity contribution in [2.24, 2.45) is 5.92 Å². The Bertz CT molecular complexity index is 333. The molecule has 0 N–H and O–H groups in total. The Balaban J connectivity index is 2.97. The van der Waals surface area contributed by atoms with E-state index in [-0.39, 0.29) is 17.0 Å². The van der Waals surface area contributed by atoms with E-state index < -0.39 is 21.0 Å². The summed E-state index contributed by atoms with van der Waals surface area (Å²) in [6.07, 6.45) is 0. The summed E-state index contributed by atoms with van der Waals surface area (Å²) in [5, 5.41) is 0.0522. The smallest absolute Gasteiger partial charge is 0.219 e. The van der Waals surface area contributed by atoms with E-state index in [1.54, 1.807) is 0 Å². The first-order chi connectivity index (χ1) is 7.32. The minimum absolute atomic E-state index is 0.0522. The third-order valence-electron chi connectivity index (χ3n) is 3.83. The molecule has 1 saturated heterocycles. The largest absolute Gasteiger partial charge is 0.366 e. The summed E-state index contributed by atoms with van der Waals surface area (Å²) < 4.78 is 24.1. The summed E-state index contributed by atoms with van der Waals surface area (Å²) >= 11 is 0. The molecule has 1 fully saturated rings. The zero-order valence-electron chi connectivity index (χ0n) is 13.0. The third kappa shape index (κ3) is 1.42. The molecule has 1 heterocycles. The van der Waals surface area contributed by atoms with Gasteiger partial charge in [-0.25, -0.2) is 0 Å². The van der Waals surface area contributed by atoms with Crippen molar-refractivity contribution >= 4 is 14.1 Å². The van der Waals surface area contributed by atoms with Gasteiger partial charge in [-0.2, -0.15) is 0 Å². The second-order valence-electron chi connectivity index (χ2n) is 5.74. The van der Waals surface area contributed by atoms with Gasteiger partial charge in [0.1, 0.15) is 0 Å². The van der Waals surface area contributed by atoms with Crippen LogP contribution in [0.2, 0.25) is 18.1 Å². The predicted molar refractivity (Wildman–Crippen MR) is 62.7 cm³/mol. The van der Waals surface area contributed by atoms with Gasteiger partial charge in [0, 0.05) is 10.2 Å². The molecule has 0 radical (unpaired) electrons. The van der Waals surface area contributed by atoms with Crippen molar-refractivity contribution in [3.05, 3.63) is 0 Å². The second-order valence-corrected chi connectivity index (χ2v) is 10.8. The molecule has 3 heteroatoms. The molecule has 14 heavy (non-hydrogen) atoms. The van der Waals surface area contributed by atoms with Crippen LogP contribution in [0, 0.1) is 5.92 Å². The normalized spacial score (nSPS) is 33.1. The first kappa shape index (κ1) is 7.91. The van der Waals surface area contributed by atoms with Gasteiger partial charge in [-0.1, -0.05) is 40.7 Å². The van der Waals surface area contributed by atoms with Gasteiger partial charge in [0.15, 0.2) is 8.24 Å². The van der Waals surface area contributed by atoms with Crippen LogP contribution < -0.4 is 0 Å². The Morgan fingerprint density at radius 2 is 1.93 bits per heavy atom. The number of amides is 1. The summed E-state index contributed by atoms with van der Waals surface area (Å²) in [4.78, 5) is 12.1. The number of rotatable bonds is 1. The number of hydrogen-bond acceptors (Lipinski definition) is 1. The van der Waals surface area contributed by atoms with Crippen molar-refractivity contribution in [1.29, 1.82) is 0 Å². The maximum absolute atomic E-state index is 12.1. The minimum Gasteiger partial charge on any atom is -0.366 e. The van der Waals surface area contributed by atoms with Crippen molar-refractivity contribution in [3.63, 3.8) is 0 Å². The Morgan fingerprint density at radius 3 is 2.21 bits per heavy atom. The zero-order chi connectivity index (χ0) is 13.8. The van der Waals surface area contributed by atoms with E-state index in [4.69, 9.17) is 4.11 Å². The predicted octanol–water partition coefficient (Wildman–Crippen LogP) is 2.86. The first-order valence-corrected chi connectivity index (χ1v) is 8.09. The summed E-state index contributed by atoms with van der Waals surface area (Å²) in [6.45, 7) is 10.4. The quantitative estimate of drug-likeness (QED) is 0.487. The van der Waals surface area contributed by atoms with E-state index in [1.807, 2.05) is 11.5 Å². The Hall–Kier alpha value is -0.313. The van der Waals surface area contributed by atoms with Crippen LogP contribution in [0.15, 0.2) is 0 Å². The summed E-state index contributed by atoms with van der Waals surface area (Å²) in [5.41, 5.74) is 0. The molecule has 2 nitrogen and oxygen atoms in total. The van der Waals surface area contributed by atoms with Crippen LogP contribution in [0.1, 0.15) is 38.7 Å². The van der Waals surface area contributed by atoms with Crippen LogP contribution in [0.3, 0.4) is 0 Å². The molecule has 2 atom stereocenters. The maximum Gasteiger partial charge on any atom is 0.219 e. The molecule has 1 amide bonds. The molecular weight excluding hydrogens is 190 g/mol. The van der Waals surface area contributed by atoms with Crippen LogP contribution in [0.5, 0.6) is 0 Å². The number of β-lactam (4-membered cyclic amide) rings is 1. The minimum atomic E-state index is -2.16. The topological polar surface area (TPSA) is 20.3 Å². The zero-order valence-corrected chi connectivity index (χ0v) is 11.0. The van der Waals surface area contributed by atoms with Crippen LogP contribution in [0.4, 0.5) is 0 Å². The molecule has 0 aliphatic carbocycles. The Labute approximate surface area is 93.0 Å². The standard InChI is InChI=1S/C11H23NOSi/c1-8-9(2)12(10(8)13)14(6,7)11(3,4)5/h8-9H,1-7H3/t8-,9+/m1/s1/i1D3. The number of nitrogens with zero attached hydrogens (tertiary/aromatic N) is 1. The van der Waals surface area contributed by atoms with Crippen LogP contribution in [-0.4, -0.2) is 24.7 Å². The SMILES string of the molecule is [2H]C([2H])([2H])[C@H]1C(=O)N([Si](C)(C)C(C)(C)C)[C@H]1C. The molecule has 0 spiro atoms. The third-order valence-corrected chi connectivity index (χ3v) is 9.33. The number of hydrogen-bond donors (Lipinski definition) is 0. The molecule has 82 valence electrons. The van der Waals surface area contributed by atoms with Crippen molar-refractivity contribution < 1.29 is 8.91 Å². The Morgan fingerprint density at radius 1 is 1.43 bits per heavy atom. The lowest BCUT2D eigenvalue weighted by molar-refractivity contribution is -0.145. The lowest BCUT2D eigenvalue weighted by atomic mass is 9.94. The molecule has 1 aliphatic heterocycles. The van der Waals surface area contributed by atoms with E-state index in [0.29, 0.717) is 0 Å². The van der Waals surface area contributed by atoms with Gasteiger partial charge in [0.05, 0.1) is 5.92 Å². The van der Waals surface area contributed by atoms with Gasteiger partial charge < -0.3 is 4.57 Å². The number of carbonyl (C=O) groups excluding carboxylic acids is 1. The summed E-state index contributed by atoms with van der Waals surface area (Å²) in [5.74, 6) is -0.972. The summed E-state index contributed by atoms with van der Waals surface area (Å²) in [7, 11) is -1.93. The average Bonchev–Trinajstić information content (AvgIpc) is 1.97. The highest BCUT2D eigenvalue weighted by Crippen LogP contribution is 2.44. The number of carbonyl (C=O) groups is 1. The average molecular weight is 216 g/mol. The molecule has 1 aliphatic rings. The van der Waals surface area contributed by atoms with Gasteiger partial charge in [-0.05, 0) is 12.0 Å². The molecule has 0 saturated carbocycles. The van der Waals surface area contributed by atoms with Gasteiger partial charge in [0.2, 0.25) is 5.91 Å². The van der Waals surface area contributed by atoms with Gasteiger partial charge in [-0.3, -0.25) is 4.79 Å². The fourth-order valence-electron chi connectivity index (χ4n) is 1.77. The van der Waals surface area contributed by atoms with Crippen LogP contribution in [-0.2, 0) is 4.79 Å². The van der Waals surface area contributed by atoms with E-state index in [2.05, 4.69) is 33.9 Å². The van der Waals surface area contributed by atoms with Gasteiger partial charge in [-0.15, -0.1) is 0 Å². The molecule has 0 bridgehead atoms. The fraction of sp³-hybridized carbons (Fsp3) is 0.909. The van der Waals surface area contributed by atoms with E-state index in [9.17, 15) is 4.79 Å². The second kappa shape index (κ2) is 3.09. The van der Waals surface area contributed by atoms with Crippen molar-refractivity contribution in [3.8, 4) is 0 Å². The van der Waals surface area contributed by atoms with E-state index >= 15 is 0 Å². The van der Waals surface area contributed by atoms with Crippen molar-refractivity contribution in [2.75, 3.05) is 0 Å². The van der Waals surface area contributed by atoms with Crippen molar-refractivity contribution in [2.45, 2.75) is 58.7 Å². The lowest BCUT2D eigenvalue weighted by Gasteiger charge is -2.57. The maximum atomic E-state index is 12.1. The highest BCUT2D eigenvalue weighted by atomic mass is 28.3. The van der Waals surface area contributed by atoms with E-state index in [1.165, 1.54) is 0 Å². The molecule has 0 unspecified atom stereocenters. The molecule has 0 aromatic rings. The molecule has 0 aromatic carbocycles. The van der Waals surface area contributed by atoms with Gasteiger partial charge in [0.25, 0.3) is 0 Å². The molecule has 1 rings (SSSR count). The monoisotopic (exact) mass is 216 g/mol. The van der Waals surface area contributed by atoms with Gasteiger partial charge >= 0.3 is 0 Å². The van der Waals surface area contributed by atoms with Crippen molar-refractivity contribution in [1.82, 2.24) is 4.57 Å². The fourth-order valence-corrected chi connectivity index (χ4v) is 4.35. The first-order valence-electron chi connectivity index (χ1n) is 6.65. The molecule has 0 aromatic heterocycles. The highest BCUT2D eigenvalue weighted by Gasteiger charge is 2.53. The van der Waals surface area contributed by atoms with Crippen LogP contribution >= 0.6 is 0 Å². The highest BCUT2D eigenvalue weighted by molar-refractivity contribution is 6.80. The van der Waals surface area contributed by atoms with Crippen LogP contribution in [0.25, 0.3) is 0 Å². The molecular formula is C11H23NOSi. The Kier molecular flexibility index (Phi) is 1.75.